The average Bonchev–Trinajstić information content (AvgIpc) is 3.42. The number of nitrogens with one attached hydrogen (secondary N) is 1. The van der Waals surface area contributed by atoms with Crippen LogP contribution in [0.5, 0.6) is 0 Å². The lowest BCUT2D eigenvalue weighted by atomic mass is 10.3. The number of hydrogen-bond acceptors (Lipinski definition) is 7. The van der Waals surface area contributed by atoms with E-state index in [1.54, 1.807) is 33.8 Å². The highest BCUT2D eigenvalue weighted by atomic mass is 32.2. The summed E-state index contributed by atoms with van der Waals surface area (Å²) in [4.78, 5) is 13.8. The first-order valence-corrected chi connectivity index (χ1v) is 10.8. The normalized spacial score (nSPS) is 10.9. The molecule has 1 N–H and O–H groups in total. The Hall–Kier alpha value is -2.49. The molecule has 4 aromatic rings. The highest BCUT2D eigenvalue weighted by Crippen LogP contribution is 2.29. The summed E-state index contributed by atoms with van der Waals surface area (Å²) in [7, 11) is 0. The predicted molar refractivity (Wildman–Crippen MR) is 110 cm³/mol. The van der Waals surface area contributed by atoms with E-state index >= 15 is 0 Å². The quantitative estimate of drug-likeness (QED) is 0.368. The summed E-state index contributed by atoms with van der Waals surface area (Å²) in [6.07, 6.45) is 0. The van der Waals surface area contributed by atoms with Crippen molar-refractivity contribution < 1.29 is 4.79 Å². The molecule has 3 heterocycles. The number of thiophene rings is 1. The number of hydrogen-bond donors (Lipinski definition) is 1. The Bertz CT molecular complexity index is 1040. The molecule has 4 rings (SSSR count). The minimum absolute atomic E-state index is 0.293. The van der Waals surface area contributed by atoms with Crippen LogP contribution in [0.4, 0.5) is 5.13 Å². The number of nitrogens with zero attached hydrogens (tertiary/aromatic N) is 4. The fourth-order valence-corrected chi connectivity index (χ4v) is 4.94. The molecule has 0 aliphatic carbocycles. The highest BCUT2D eigenvalue weighted by Gasteiger charge is 2.15. The van der Waals surface area contributed by atoms with E-state index < -0.39 is 0 Å². The molecule has 0 aliphatic heterocycles. The highest BCUT2D eigenvalue weighted by molar-refractivity contribution is 8.00. The maximum Gasteiger partial charge on any atom is 0.278 e. The van der Waals surface area contributed by atoms with Gasteiger partial charge in [0, 0.05) is 16.3 Å². The lowest BCUT2D eigenvalue weighted by molar-refractivity contribution is 0.102. The Balaban J connectivity index is 1.42. The van der Waals surface area contributed by atoms with Gasteiger partial charge in [-0.05, 0) is 36.6 Å². The zero-order valence-corrected chi connectivity index (χ0v) is 16.8. The van der Waals surface area contributed by atoms with Crippen LogP contribution in [0.3, 0.4) is 0 Å². The summed E-state index contributed by atoms with van der Waals surface area (Å²) in [6, 6.07) is 15.6. The minimum atomic E-state index is -0.293. The fraction of sp³-hybridized carbons (Fsp3) is 0.111. The largest absolute Gasteiger partial charge is 0.295 e. The van der Waals surface area contributed by atoms with Crippen molar-refractivity contribution in [2.75, 3.05) is 5.32 Å². The molecule has 0 bridgehead atoms. The van der Waals surface area contributed by atoms with Crippen LogP contribution < -0.4 is 5.32 Å². The molecule has 0 saturated heterocycles. The number of benzene rings is 1. The molecule has 0 fully saturated rings. The van der Waals surface area contributed by atoms with Crippen molar-refractivity contribution in [1.82, 2.24) is 20.0 Å². The summed E-state index contributed by atoms with van der Waals surface area (Å²) >= 11 is 4.69. The predicted octanol–water partition coefficient (Wildman–Crippen LogP) is 4.64. The van der Waals surface area contributed by atoms with Gasteiger partial charge in [-0.1, -0.05) is 47.4 Å². The second-order valence-electron chi connectivity index (χ2n) is 5.61. The van der Waals surface area contributed by atoms with Crippen LogP contribution in [-0.2, 0) is 5.75 Å². The first-order chi connectivity index (χ1) is 13.2. The standard InChI is InChI=1S/C18H15N5OS3/c1-12-10-15(22-23(12)13-6-3-2-4-7-13)16(24)19-17-20-21-18(27-17)26-11-14-8-5-9-25-14/h2-10H,11H2,1H3,(H,19,20,24). The van der Waals surface area contributed by atoms with Gasteiger partial charge in [0.1, 0.15) is 0 Å². The van der Waals surface area contributed by atoms with Crippen molar-refractivity contribution in [2.45, 2.75) is 17.0 Å². The van der Waals surface area contributed by atoms with Crippen molar-refractivity contribution in [3.8, 4) is 5.69 Å². The van der Waals surface area contributed by atoms with Gasteiger partial charge in [-0.15, -0.1) is 21.5 Å². The summed E-state index contributed by atoms with van der Waals surface area (Å²) in [6.45, 7) is 1.92. The number of amides is 1. The van der Waals surface area contributed by atoms with E-state index in [-0.39, 0.29) is 5.91 Å². The molecule has 0 radical (unpaired) electrons. The molecule has 136 valence electrons. The van der Waals surface area contributed by atoms with Gasteiger partial charge in [0.2, 0.25) is 5.13 Å². The zero-order valence-electron chi connectivity index (χ0n) is 14.3. The van der Waals surface area contributed by atoms with Gasteiger partial charge in [-0.25, -0.2) is 4.68 Å². The van der Waals surface area contributed by atoms with E-state index in [2.05, 4.69) is 32.1 Å². The van der Waals surface area contributed by atoms with Gasteiger partial charge in [-0.2, -0.15) is 5.10 Å². The summed E-state index contributed by atoms with van der Waals surface area (Å²) in [5, 5.41) is 17.9. The number of thioether (sulfide) groups is 1. The van der Waals surface area contributed by atoms with Crippen molar-refractivity contribution in [3.63, 3.8) is 0 Å². The molecule has 1 amide bonds. The van der Waals surface area contributed by atoms with Crippen LogP contribution in [0.15, 0.2) is 58.3 Å². The number of anilines is 1. The van der Waals surface area contributed by atoms with Gasteiger partial charge in [0.05, 0.1) is 5.69 Å². The summed E-state index contributed by atoms with van der Waals surface area (Å²) in [5.74, 6) is 0.555. The summed E-state index contributed by atoms with van der Waals surface area (Å²) < 4.78 is 2.57. The molecular weight excluding hydrogens is 398 g/mol. The maximum atomic E-state index is 12.5. The molecular formula is C18H15N5OS3. The molecule has 0 aliphatic rings. The van der Waals surface area contributed by atoms with Crippen molar-refractivity contribution in [2.24, 2.45) is 0 Å². The number of aromatic nitrogens is 4. The third kappa shape index (κ3) is 4.26. The fourth-order valence-electron chi connectivity index (χ4n) is 2.42. The lowest BCUT2D eigenvalue weighted by Crippen LogP contribution is -2.13. The van der Waals surface area contributed by atoms with Crippen molar-refractivity contribution in [1.29, 1.82) is 0 Å². The zero-order chi connectivity index (χ0) is 18.6. The number of para-hydroxylation sites is 1. The van der Waals surface area contributed by atoms with E-state index in [1.807, 2.05) is 43.3 Å². The Morgan fingerprint density at radius 1 is 1.19 bits per heavy atom. The summed E-state index contributed by atoms with van der Waals surface area (Å²) in [5.41, 5.74) is 2.15. The number of carbonyl (C=O) groups excluding carboxylic acids is 1. The van der Waals surface area contributed by atoms with E-state index in [4.69, 9.17) is 0 Å². The van der Waals surface area contributed by atoms with Crippen LogP contribution in [-0.4, -0.2) is 25.9 Å². The molecule has 0 spiro atoms. The third-order valence-electron chi connectivity index (χ3n) is 3.67. The second kappa shape index (κ2) is 8.03. The topological polar surface area (TPSA) is 72.7 Å². The molecule has 0 unspecified atom stereocenters. The van der Waals surface area contributed by atoms with Crippen molar-refractivity contribution >= 4 is 45.5 Å². The smallest absolute Gasteiger partial charge is 0.278 e. The van der Waals surface area contributed by atoms with Crippen molar-refractivity contribution in [3.05, 3.63) is 70.2 Å². The Morgan fingerprint density at radius 2 is 2.04 bits per heavy atom. The first kappa shape index (κ1) is 17.9. The Kier molecular flexibility index (Phi) is 5.33. The molecule has 1 aromatic carbocycles. The molecule has 3 aromatic heterocycles. The lowest BCUT2D eigenvalue weighted by Gasteiger charge is -2.02. The van der Waals surface area contributed by atoms with Crippen LogP contribution in [0.25, 0.3) is 5.69 Å². The SMILES string of the molecule is Cc1cc(C(=O)Nc2nnc(SCc3cccs3)s2)nn1-c1ccccc1. The van der Waals surface area contributed by atoms with Gasteiger partial charge in [-0.3, -0.25) is 10.1 Å². The molecule has 9 heteroatoms. The monoisotopic (exact) mass is 413 g/mol. The molecule has 0 atom stereocenters. The van der Waals surface area contributed by atoms with Crippen LogP contribution in [0, 0.1) is 6.92 Å². The van der Waals surface area contributed by atoms with E-state index in [0.717, 1.165) is 21.5 Å². The second-order valence-corrected chi connectivity index (χ2v) is 8.85. The van der Waals surface area contributed by atoms with Crippen LogP contribution >= 0.6 is 34.4 Å². The number of carbonyl (C=O) groups is 1. The van der Waals surface area contributed by atoms with Gasteiger partial charge < -0.3 is 0 Å². The maximum absolute atomic E-state index is 12.5. The molecule has 27 heavy (non-hydrogen) atoms. The van der Waals surface area contributed by atoms with Gasteiger partial charge in [0.25, 0.3) is 5.91 Å². The van der Waals surface area contributed by atoms with Crippen LogP contribution in [0.2, 0.25) is 0 Å². The van der Waals surface area contributed by atoms with E-state index in [0.29, 0.717) is 10.8 Å². The van der Waals surface area contributed by atoms with Crippen LogP contribution in [0.1, 0.15) is 21.1 Å². The molecule has 0 saturated carbocycles. The Morgan fingerprint density at radius 3 is 2.81 bits per heavy atom. The third-order valence-corrected chi connectivity index (χ3v) is 6.75. The van der Waals surface area contributed by atoms with Gasteiger partial charge in [0.15, 0.2) is 10.0 Å². The molecule has 6 nitrogen and oxygen atoms in total. The first-order valence-electron chi connectivity index (χ1n) is 8.11. The van der Waals surface area contributed by atoms with E-state index in [1.165, 1.54) is 16.2 Å². The van der Waals surface area contributed by atoms with E-state index in [9.17, 15) is 4.79 Å². The van der Waals surface area contributed by atoms with Gasteiger partial charge >= 0.3 is 0 Å². The number of rotatable bonds is 6. The Labute approximate surface area is 168 Å². The minimum Gasteiger partial charge on any atom is -0.295 e. The average molecular weight is 414 g/mol. The number of aryl methyl sites for hydroxylation is 1.